The van der Waals surface area contributed by atoms with E-state index in [-0.39, 0.29) is 11.4 Å². The molecular weight excluding hydrogens is 158 g/mol. The molecule has 1 rings (SSSR count). The maximum absolute atomic E-state index is 10.5. The number of aromatic nitrogens is 2. The molecule has 0 saturated carbocycles. The highest BCUT2D eigenvalue weighted by Crippen LogP contribution is 2.10. The summed E-state index contributed by atoms with van der Waals surface area (Å²) in [5.41, 5.74) is 5.58. The summed E-state index contributed by atoms with van der Waals surface area (Å²) in [7, 11) is 0. The topological polar surface area (TPSA) is 81.1 Å². The summed E-state index contributed by atoms with van der Waals surface area (Å²) < 4.78 is 1.49. The Balaban J connectivity index is 2.96. The van der Waals surface area contributed by atoms with Crippen molar-refractivity contribution in [2.75, 3.05) is 5.73 Å². The Labute approximate surface area is 69.8 Å². The Morgan fingerprint density at radius 2 is 2.50 bits per heavy atom. The lowest BCUT2D eigenvalue weighted by Crippen LogP contribution is -2.06. The van der Waals surface area contributed by atoms with Crippen molar-refractivity contribution in [1.82, 2.24) is 9.78 Å². The van der Waals surface area contributed by atoms with Crippen LogP contribution in [0.1, 0.15) is 23.7 Å². The number of aryl methyl sites for hydroxylation is 1. The van der Waals surface area contributed by atoms with Crippen molar-refractivity contribution in [2.45, 2.75) is 19.9 Å². The van der Waals surface area contributed by atoms with E-state index < -0.39 is 5.97 Å². The van der Waals surface area contributed by atoms with E-state index in [0.29, 0.717) is 6.54 Å². The highest BCUT2D eigenvalue weighted by molar-refractivity contribution is 5.92. The standard InChI is InChI=1S/C7H11N3O2/c1-2-3-10-6(8)5(4-9-10)7(11)12/h4H,2-3,8H2,1H3,(H,11,12). The van der Waals surface area contributed by atoms with Gasteiger partial charge in [-0.3, -0.25) is 0 Å². The number of carboxylic acids is 1. The number of carbonyl (C=O) groups is 1. The number of aromatic carboxylic acids is 1. The fraction of sp³-hybridized carbons (Fsp3) is 0.429. The Morgan fingerprint density at radius 3 is 2.92 bits per heavy atom. The number of anilines is 1. The number of nitrogens with zero attached hydrogens (tertiary/aromatic N) is 2. The minimum atomic E-state index is -1.03. The summed E-state index contributed by atoms with van der Waals surface area (Å²) in [4.78, 5) is 10.5. The third kappa shape index (κ3) is 1.39. The van der Waals surface area contributed by atoms with Crippen LogP contribution in [0.5, 0.6) is 0 Å². The number of hydrogen-bond acceptors (Lipinski definition) is 3. The molecule has 0 aliphatic rings. The third-order valence-electron chi connectivity index (χ3n) is 1.55. The Kier molecular flexibility index (Phi) is 2.32. The van der Waals surface area contributed by atoms with Gasteiger partial charge in [0.25, 0.3) is 0 Å². The van der Waals surface area contributed by atoms with Crippen molar-refractivity contribution in [3.63, 3.8) is 0 Å². The van der Waals surface area contributed by atoms with Gasteiger partial charge in [0.1, 0.15) is 11.4 Å². The minimum absolute atomic E-state index is 0.0726. The van der Waals surface area contributed by atoms with E-state index in [1.807, 2.05) is 6.92 Å². The lowest BCUT2D eigenvalue weighted by molar-refractivity contribution is 0.0698. The zero-order valence-corrected chi connectivity index (χ0v) is 6.82. The van der Waals surface area contributed by atoms with Crippen LogP contribution in [0.25, 0.3) is 0 Å². The van der Waals surface area contributed by atoms with Gasteiger partial charge in [-0.2, -0.15) is 5.10 Å². The zero-order chi connectivity index (χ0) is 9.14. The quantitative estimate of drug-likeness (QED) is 0.693. The maximum atomic E-state index is 10.5. The molecule has 1 heterocycles. The van der Waals surface area contributed by atoms with Gasteiger partial charge in [-0.15, -0.1) is 0 Å². The zero-order valence-electron chi connectivity index (χ0n) is 6.82. The summed E-state index contributed by atoms with van der Waals surface area (Å²) in [5, 5.41) is 12.5. The molecule has 0 saturated heterocycles. The first-order chi connectivity index (χ1) is 5.66. The highest BCUT2D eigenvalue weighted by atomic mass is 16.4. The predicted octanol–water partition coefficient (Wildman–Crippen LogP) is 0.574. The average molecular weight is 169 g/mol. The van der Waals surface area contributed by atoms with Crippen LogP contribution in [0.15, 0.2) is 6.20 Å². The molecule has 1 aromatic rings. The molecule has 12 heavy (non-hydrogen) atoms. The molecule has 0 amide bonds. The maximum Gasteiger partial charge on any atom is 0.341 e. The summed E-state index contributed by atoms with van der Waals surface area (Å²) in [6.07, 6.45) is 2.15. The van der Waals surface area contributed by atoms with Crippen LogP contribution >= 0.6 is 0 Å². The van der Waals surface area contributed by atoms with Crippen molar-refractivity contribution in [3.8, 4) is 0 Å². The lowest BCUT2D eigenvalue weighted by atomic mass is 10.3. The first-order valence-corrected chi connectivity index (χ1v) is 3.71. The molecule has 0 aliphatic carbocycles. The van der Waals surface area contributed by atoms with E-state index >= 15 is 0 Å². The lowest BCUT2D eigenvalue weighted by Gasteiger charge is -2.00. The molecule has 0 fully saturated rings. The van der Waals surface area contributed by atoms with Crippen LogP contribution in [-0.2, 0) is 6.54 Å². The van der Waals surface area contributed by atoms with Gasteiger partial charge in [-0.25, -0.2) is 9.48 Å². The van der Waals surface area contributed by atoms with Crippen molar-refractivity contribution < 1.29 is 9.90 Å². The van der Waals surface area contributed by atoms with E-state index in [9.17, 15) is 4.79 Å². The minimum Gasteiger partial charge on any atom is -0.477 e. The van der Waals surface area contributed by atoms with E-state index in [1.54, 1.807) is 0 Å². The van der Waals surface area contributed by atoms with Gasteiger partial charge in [0, 0.05) is 6.54 Å². The largest absolute Gasteiger partial charge is 0.477 e. The normalized spacial score (nSPS) is 10.1. The molecule has 0 bridgehead atoms. The SMILES string of the molecule is CCCn1ncc(C(=O)O)c1N. The predicted molar refractivity (Wildman–Crippen MR) is 43.9 cm³/mol. The van der Waals surface area contributed by atoms with Crippen LogP contribution in [-0.4, -0.2) is 20.9 Å². The smallest absolute Gasteiger partial charge is 0.341 e. The van der Waals surface area contributed by atoms with Gasteiger partial charge in [-0.05, 0) is 6.42 Å². The van der Waals surface area contributed by atoms with Gasteiger partial charge in [0.2, 0.25) is 0 Å². The van der Waals surface area contributed by atoms with Crippen LogP contribution < -0.4 is 5.73 Å². The van der Waals surface area contributed by atoms with Crippen LogP contribution in [0.4, 0.5) is 5.82 Å². The van der Waals surface area contributed by atoms with Crippen LogP contribution in [0.3, 0.4) is 0 Å². The van der Waals surface area contributed by atoms with Crippen molar-refractivity contribution in [1.29, 1.82) is 0 Å². The Hall–Kier alpha value is -1.52. The Bertz CT molecular complexity index is 293. The van der Waals surface area contributed by atoms with Crippen molar-refractivity contribution >= 4 is 11.8 Å². The molecule has 5 nitrogen and oxygen atoms in total. The fourth-order valence-corrected chi connectivity index (χ4v) is 0.950. The molecule has 1 aromatic heterocycles. The highest BCUT2D eigenvalue weighted by Gasteiger charge is 2.12. The van der Waals surface area contributed by atoms with Gasteiger partial charge in [0.15, 0.2) is 0 Å². The number of carboxylic acid groups (broad SMARTS) is 1. The van der Waals surface area contributed by atoms with Gasteiger partial charge in [0.05, 0.1) is 6.20 Å². The molecule has 0 unspecified atom stereocenters. The molecule has 5 heteroatoms. The number of hydrogen-bond donors (Lipinski definition) is 2. The summed E-state index contributed by atoms with van der Waals surface area (Å²) in [5.74, 6) is -0.806. The second-order valence-corrected chi connectivity index (χ2v) is 2.47. The van der Waals surface area contributed by atoms with Crippen molar-refractivity contribution in [3.05, 3.63) is 11.8 Å². The van der Waals surface area contributed by atoms with E-state index in [2.05, 4.69) is 5.10 Å². The van der Waals surface area contributed by atoms with Crippen LogP contribution in [0.2, 0.25) is 0 Å². The van der Waals surface area contributed by atoms with E-state index in [0.717, 1.165) is 6.42 Å². The molecule has 0 spiro atoms. The number of rotatable bonds is 3. The number of nitrogens with two attached hydrogens (primary N) is 1. The molecule has 0 atom stereocenters. The molecular formula is C7H11N3O2. The first-order valence-electron chi connectivity index (χ1n) is 3.71. The molecule has 0 aromatic carbocycles. The third-order valence-corrected chi connectivity index (χ3v) is 1.55. The molecule has 66 valence electrons. The fourth-order valence-electron chi connectivity index (χ4n) is 0.950. The average Bonchev–Trinajstić information content (AvgIpc) is 2.34. The second-order valence-electron chi connectivity index (χ2n) is 2.47. The monoisotopic (exact) mass is 169 g/mol. The summed E-state index contributed by atoms with van der Waals surface area (Å²) >= 11 is 0. The van der Waals surface area contributed by atoms with E-state index in [1.165, 1.54) is 10.9 Å². The first kappa shape index (κ1) is 8.58. The van der Waals surface area contributed by atoms with Gasteiger partial charge >= 0.3 is 5.97 Å². The summed E-state index contributed by atoms with van der Waals surface area (Å²) in [6.45, 7) is 2.63. The number of nitrogen functional groups attached to an aromatic ring is 1. The Morgan fingerprint density at radius 1 is 1.83 bits per heavy atom. The molecule has 0 aliphatic heterocycles. The molecule has 3 N–H and O–H groups in total. The van der Waals surface area contributed by atoms with Crippen molar-refractivity contribution in [2.24, 2.45) is 0 Å². The van der Waals surface area contributed by atoms with Crippen LogP contribution in [0, 0.1) is 0 Å². The second kappa shape index (κ2) is 3.25. The van der Waals surface area contributed by atoms with Gasteiger partial charge in [-0.1, -0.05) is 6.92 Å². The summed E-state index contributed by atoms with van der Waals surface area (Å²) in [6, 6.07) is 0. The van der Waals surface area contributed by atoms with Gasteiger partial charge < -0.3 is 10.8 Å². The van der Waals surface area contributed by atoms with E-state index in [4.69, 9.17) is 10.8 Å². The molecule has 0 radical (unpaired) electrons.